The lowest BCUT2D eigenvalue weighted by Gasteiger charge is -2.29. The molecule has 0 bridgehead atoms. The summed E-state index contributed by atoms with van der Waals surface area (Å²) in [5.74, 6) is -0.171. The van der Waals surface area contributed by atoms with Crippen molar-refractivity contribution in [1.82, 2.24) is 0 Å². The topological polar surface area (TPSA) is 44.8 Å². The highest BCUT2D eigenvalue weighted by Crippen LogP contribution is 2.24. The fourth-order valence-corrected chi connectivity index (χ4v) is 2.23. The first-order valence-electron chi connectivity index (χ1n) is 6.47. The largest absolute Gasteiger partial charge is 0.469 e. The minimum atomic E-state index is -0.171. The van der Waals surface area contributed by atoms with E-state index in [-0.39, 0.29) is 12.1 Å². The Morgan fingerprint density at radius 2 is 2.00 bits per heavy atom. The van der Waals surface area contributed by atoms with Crippen LogP contribution in [-0.2, 0) is 19.0 Å². The number of ether oxygens (including phenoxy) is 3. The Kier molecular flexibility index (Phi) is 7.21. The van der Waals surface area contributed by atoms with Gasteiger partial charge in [-0.1, -0.05) is 0 Å². The normalized spacial score (nSPS) is 24.6. The Morgan fingerprint density at radius 1 is 1.24 bits per heavy atom. The van der Waals surface area contributed by atoms with Crippen molar-refractivity contribution in [2.45, 2.75) is 57.2 Å². The molecule has 0 amide bonds. The molecule has 1 saturated heterocycles. The van der Waals surface area contributed by atoms with Crippen LogP contribution in [0.5, 0.6) is 0 Å². The van der Waals surface area contributed by atoms with Gasteiger partial charge in [0.15, 0.2) is 0 Å². The Hall–Kier alpha value is -0.610. The second-order valence-electron chi connectivity index (χ2n) is 4.58. The van der Waals surface area contributed by atoms with E-state index in [0.29, 0.717) is 12.5 Å². The summed E-state index contributed by atoms with van der Waals surface area (Å²) in [7, 11) is 3.15. The van der Waals surface area contributed by atoms with Crippen LogP contribution in [0.15, 0.2) is 0 Å². The number of methoxy groups -OCH3 is 2. The summed E-state index contributed by atoms with van der Waals surface area (Å²) in [6.45, 7) is 0.818. The molecule has 0 spiro atoms. The molecule has 17 heavy (non-hydrogen) atoms. The summed E-state index contributed by atoms with van der Waals surface area (Å²) in [6, 6.07) is 0. The van der Waals surface area contributed by atoms with Gasteiger partial charge in [-0.15, -0.1) is 0 Å². The first-order valence-corrected chi connectivity index (χ1v) is 6.47. The molecule has 1 fully saturated rings. The van der Waals surface area contributed by atoms with E-state index in [2.05, 4.69) is 4.74 Å². The second kappa shape index (κ2) is 8.48. The summed E-state index contributed by atoms with van der Waals surface area (Å²) in [5.41, 5.74) is 0. The van der Waals surface area contributed by atoms with Crippen LogP contribution in [0.2, 0.25) is 0 Å². The van der Waals surface area contributed by atoms with Gasteiger partial charge in [0.25, 0.3) is 0 Å². The standard InChI is InChI=1S/C13H24O4/c1-15-9-4-3-6-11-7-5-8-12(17-11)10-13(14)16-2/h11-12H,3-10H2,1-2H3/t11-,12-/m0/s1. The number of carbonyl (C=O) groups is 1. The average molecular weight is 244 g/mol. The average Bonchev–Trinajstić information content (AvgIpc) is 2.35. The summed E-state index contributed by atoms with van der Waals surface area (Å²) in [6.07, 6.45) is 7.29. The molecule has 0 aromatic rings. The molecular weight excluding hydrogens is 220 g/mol. The molecule has 4 nitrogen and oxygen atoms in total. The third-order valence-electron chi connectivity index (χ3n) is 3.18. The van der Waals surface area contributed by atoms with Gasteiger partial charge in [0.1, 0.15) is 0 Å². The van der Waals surface area contributed by atoms with Gasteiger partial charge in [-0.2, -0.15) is 0 Å². The van der Waals surface area contributed by atoms with Crippen LogP contribution in [0, 0.1) is 0 Å². The molecule has 0 aromatic heterocycles. The van der Waals surface area contributed by atoms with Crippen LogP contribution in [0.4, 0.5) is 0 Å². The summed E-state index contributed by atoms with van der Waals surface area (Å²) in [5, 5.41) is 0. The number of unbranched alkanes of at least 4 members (excludes halogenated alkanes) is 1. The molecule has 1 aliphatic rings. The van der Waals surface area contributed by atoms with Crippen molar-refractivity contribution < 1.29 is 19.0 Å². The third-order valence-corrected chi connectivity index (χ3v) is 3.18. The molecule has 1 heterocycles. The van der Waals surface area contributed by atoms with E-state index in [4.69, 9.17) is 9.47 Å². The van der Waals surface area contributed by atoms with E-state index in [1.807, 2.05) is 0 Å². The SMILES string of the molecule is COCCCC[C@H]1CCC[C@@H](CC(=O)OC)O1. The highest BCUT2D eigenvalue weighted by Gasteiger charge is 2.24. The van der Waals surface area contributed by atoms with E-state index in [9.17, 15) is 4.79 Å². The Bertz CT molecular complexity index is 217. The van der Waals surface area contributed by atoms with Crippen LogP contribution in [-0.4, -0.2) is 39.0 Å². The second-order valence-corrected chi connectivity index (χ2v) is 4.58. The summed E-state index contributed by atoms with van der Waals surface area (Å²) in [4.78, 5) is 11.2. The molecule has 0 aromatic carbocycles. The van der Waals surface area contributed by atoms with Crippen molar-refractivity contribution >= 4 is 5.97 Å². The maximum absolute atomic E-state index is 11.2. The van der Waals surface area contributed by atoms with Crippen molar-refractivity contribution in [2.24, 2.45) is 0 Å². The summed E-state index contributed by atoms with van der Waals surface area (Å²) >= 11 is 0. The zero-order chi connectivity index (χ0) is 12.5. The third kappa shape index (κ3) is 6.03. The van der Waals surface area contributed by atoms with Gasteiger partial charge in [-0.25, -0.2) is 0 Å². The molecular formula is C13H24O4. The van der Waals surface area contributed by atoms with Crippen LogP contribution in [0.25, 0.3) is 0 Å². The number of carbonyl (C=O) groups excluding carboxylic acids is 1. The monoisotopic (exact) mass is 244 g/mol. The molecule has 1 rings (SSSR count). The van der Waals surface area contributed by atoms with E-state index in [1.54, 1.807) is 7.11 Å². The van der Waals surface area contributed by atoms with Crippen molar-refractivity contribution in [3.8, 4) is 0 Å². The predicted molar refractivity (Wildman–Crippen MR) is 64.9 cm³/mol. The lowest BCUT2D eigenvalue weighted by molar-refractivity contribution is -0.147. The maximum atomic E-state index is 11.2. The quantitative estimate of drug-likeness (QED) is 0.509. The molecule has 0 N–H and O–H groups in total. The lowest BCUT2D eigenvalue weighted by atomic mass is 9.99. The minimum absolute atomic E-state index is 0.0589. The zero-order valence-electron chi connectivity index (χ0n) is 10.9. The van der Waals surface area contributed by atoms with Crippen LogP contribution < -0.4 is 0 Å². The lowest BCUT2D eigenvalue weighted by Crippen LogP contribution is -2.29. The molecule has 2 atom stereocenters. The number of hydrogen-bond acceptors (Lipinski definition) is 4. The highest BCUT2D eigenvalue weighted by atomic mass is 16.5. The maximum Gasteiger partial charge on any atom is 0.308 e. The van der Waals surface area contributed by atoms with Crippen LogP contribution in [0.3, 0.4) is 0 Å². The van der Waals surface area contributed by atoms with Gasteiger partial charge in [-0.3, -0.25) is 4.79 Å². The van der Waals surface area contributed by atoms with Gasteiger partial charge < -0.3 is 14.2 Å². The van der Waals surface area contributed by atoms with Crippen LogP contribution in [0.1, 0.15) is 44.9 Å². The molecule has 0 radical (unpaired) electrons. The van der Waals surface area contributed by atoms with E-state index in [0.717, 1.165) is 45.1 Å². The van der Waals surface area contributed by atoms with E-state index in [1.165, 1.54) is 7.11 Å². The van der Waals surface area contributed by atoms with Crippen molar-refractivity contribution in [3.05, 3.63) is 0 Å². The molecule has 4 heteroatoms. The fourth-order valence-electron chi connectivity index (χ4n) is 2.23. The first kappa shape index (κ1) is 14.5. The molecule has 0 unspecified atom stereocenters. The fraction of sp³-hybridized carbons (Fsp3) is 0.923. The van der Waals surface area contributed by atoms with Crippen molar-refractivity contribution in [2.75, 3.05) is 20.8 Å². The molecule has 1 aliphatic heterocycles. The van der Waals surface area contributed by atoms with Crippen molar-refractivity contribution in [3.63, 3.8) is 0 Å². The Balaban J connectivity index is 2.17. The van der Waals surface area contributed by atoms with Crippen LogP contribution >= 0.6 is 0 Å². The van der Waals surface area contributed by atoms with Gasteiger partial charge in [0.05, 0.1) is 25.7 Å². The van der Waals surface area contributed by atoms with E-state index < -0.39 is 0 Å². The van der Waals surface area contributed by atoms with Gasteiger partial charge in [-0.05, 0) is 38.5 Å². The molecule has 0 aliphatic carbocycles. The first-order chi connectivity index (χ1) is 8.26. The number of esters is 1. The predicted octanol–water partition coefficient (Wildman–Crippen LogP) is 2.30. The van der Waals surface area contributed by atoms with Gasteiger partial charge in [0.2, 0.25) is 0 Å². The zero-order valence-corrected chi connectivity index (χ0v) is 10.9. The highest BCUT2D eigenvalue weighted by molar-refractivity contribution is 5.69. The Morgan fingerprint density at radius 3 is 2.71 bits per heavy atom. The molecule has 0 saturated carbocycles. The van der Waals surface area contributed by atoms with E-state index >= 15 is 0 Å². The Labute approximate surface area is 104 Å². The smallest absolute Gasteiger partial charge is 0.308 e. The van der Waals surface area contributed by atoms with Gasteiger partial charge in [0, 0.05) is 13.7 Å². The molecule has 100 valence electrons. The number of rotatable bonds is 7. The van der Waals surface area contributed by atoms with Gasteiger partial charge >= 0.3 is 5.97 Å². The number of hydrogen-bond donors (Lipinski definition) is 0. The van der Waals surface area contributed by atoms with Crippen molar-refractivity contribution in [1.29, 1.82) is 0 Å². The summed E-state index contributed by atoms with van der Waals surface area (Å²) < 4.78 is 15.6. The minimum Gasteiger partial charge on any atom is -0.469 e.